The van der Waals surface area contributed by atoms with E-state index in [1.54, 1.807) is 0 Å². The molecule has 2 aliphatic rings. The van der Waals surface area contributed by atoms with Crippen LogP contribution in [0.2, 0.25) is 0 Å². The van der Waals surface area contributed by atoms with Crippen molar-refractivity contribution in [1.29, 1.82) is 0 Å². The van der Waals surface area contributed by atoms with E-state index in [9.17, 15) is 0 Å². The minimum Gasteiger partial charge on any atom is -0.375 e. The van der Waals surface area contributed by atoms with Gasteiger partial charge in [-0.1, -0.05) is 13.0 Å². The minimum atomic E-state index is 0.276. The Labute approximate surface area is 99.4 Å². The first kappa shape index (κ1) is 12.1. The van der Waals surface area contributed by atoms with Gasteiger partial charge in [0.2, 0.25) is 0 Å². The lowest BCUT2D eigenvalue weighted by Crippen LogP contribution is -2.50. The van der Waals surface area contributed by atoms with E-state index in [4.69, 9.17) is 4.74 Å². The molecule has 0 bridgehead atoms. The summed E-state index contributed by atoms with van der Waals surface area (Å²) in [4.78, 5) is 0. The molecule has 2 rings (SSSR count). The van der Waals surface area contributed by atoms with Crippen LogP contribution in [-0.2, 0) is 4.74 Å². The van der Waals surface area contributed by atoms with Crippen LogP contribution in [0.15, 0.2) is 12.7 Å². The molecule has 1 aliphatic carbocycles. The number of ether oxygens (including phenoxy) is 1. The molecule has 0 aromatic heterocycles. The molecule has 1 saturated heterocycles. The standard InChI is InChI=1S/C14H25NO/c1-3-6-13(15-4-2)12-7-10-16-14(11-12)8-5-9-14/h3,12-13,15H,1,4-11H2,2H3. The second-order valence-corrected chi connectivity index (χ2v) is 5.33. The first-order chi connectivity index (χ1) is 7.79. The molecule has 2 fully saturated rings. The highest BCUT2D eigenvalue weighted by Crippen LogP contribution is 2.45. The molecule has 1 aliphatic heterocycles. The van der Waals surface area contributed by atoms with Crippen LogP contribution >= 0.6 is 0 Å². The first-order valence-corrected chi connectivity index (χ1v) is 6.78. The van der Waals surface area contributed by atoms with E-state index in [0.717, 1.165) is 25.5 Å². The monoisotopic (exact) mass is 223 g/mol. The van der Waals surface area contributed by atoms with Crippen LogP contribution in [0.3, 0.4) is 0 Å². The highest BCUT2D eigenvalue weighted by Gasteiger charge is 2.43. The molecule has 2 unspecified atom stereocenters. The van der Waals surface area contributed by atoms with Gasteiger partial charge in [-0.2, -0.15) is 0 Å². The quantitative estimate of drug-likeness (QED) is 0.724. The van der Waals surface area contributed by atoms with Gasteiger partial charge in [-0.05, 0) is 51.0 Å². The lowest BCUT2D eigenvalue weighted by atomic mass is 9.70. The lowest BCUT2D eigenvalue weighted by Gasteiger charge is -2.48. The fraction of sp³-hybridized carbons (Fsp3) is 0.857. The van der Waals surface area contributed by atoms with Crippen LogP contribution in [0, 0.1) is 5.92 Å². The average Bonchev–Trinajstić information content (AvgIpc) is 2.27. The van der Waals surface area contributed by atoms with Gasteiger partial charge in [-0.15, -0.1) is 6.58 Å². The Morgan fingerprint density at radius 3 is 2.94 bits per heavy atom. The van der Waals surface area contributed by atoms with Gasteiger partial charge >= 0.3 is 0 Å². The van der Waals surface area contributed by atoms with Gasteiger partial charge in [0, 0.05) is 12.6 Å². The van der Waals surface area contributed by atoms with Crippen molar-refractivity contribution in [2.75, 3.05) is 13.2 Å². The average molecular weight is 223 g/mol. The Balaban J connectivity index is 1.92. The molecule has 2 nitrogen and oxygen atoms in total. The van der Waals surface area contributed by atoms with E-state index >= 15 is 0 Å². The smallest absolute Gasteiger partial charge is 0.0685 e. The van der Waals surface area contributed by atoms with Crippen molar-refractivity contribution < 1.29 is 4.74 Å². The zero-order valence-corrected chi connectivity index (χ0v) is 10.5. The summed E-state index contributed by atoms with van der Waals surface area (Å²) < 4.78 is 5.98. The highest BCUT2D eigenvalue weighted by molar-refractivity contribution is 4.97. The minimum absolute atomic E-state index is 0.276. The number of hydrogen-bond acceptors (Lipinski definition) is 2. The third-order valence-electron chi connectivity index (χ3n) is 4.25. The van der Waals surface area contributed by atoms with E-state index in [2.05, 4.69) is 24.9 Å². The molecular formula is C14H25NO. The van der Waals surface area contributed by atoms with Crippen molar-refractivity contribution in [3.8, 4) is 0 Å². The molecule has 1 heterocycles. The van der Waals surface area contributed by atoms with Crippen LogP contribution < -0.4 is 5.32 Å². The highest BCUT2D eigenvalue weighted by atomic mass is 16.5. The van der Waals surface area contributed by atoms with Gasteiger partial charge in [0.05, 0.1) is 5.60 Å². The van der Waals surface area contributed by atoms with Crippen LogP contribution in [0.4, 0.5) is 0 Å². The van der Waals surface area contributed by atoms with Gasteiger partial charge in [0.1, 0.15) is 0 Å². The predicted octanol–water partition coefficient (Wildman–Crippen LogP) is 2.89. The van der Waals surface area contributed by atoms with Crippen LogP contribution in [-0.4, -0.2) is 24.8 Å². The molecule has 0 amide bonds. The lowest BCUT2D eigenvalue weighted by molar-refractivity contribution is -0.147. The predicted molar refractivity (Wildman–Crippen MR) is 67.5 cm³/mol. The number of hydrogen-bond donors (Lipinski definition) is 1. The fourth-order valence-electron chi connectivity index (χ4n) is 3.21. The summed E-state index contributed by atoms with van der Waals surface area (Å²) in [6.07, 6.45) is 9.56. The molecule has 16 heavy (non-hydrogen) atoms. The van der Waals surface area contributed by atoms with Gasteiger partial charge in [-0.3, -0.25) is 0 Å². The maximum Gasteiger partial charge on any atom is 0.0685 e. The van der Waals surface area contributed by atoms with Crippen molar-refractivity contribution in [2.24, 2.45) is 5.92 Å². The summed E-state index contributed by atoms with van der Waals surface area (Å²) in [6.45, 7) is 8.09. The third kappa shape index (κ3) is 2.49. The van der Waals surface area contributed by atoms with E-state index in [1.165, 1.54) is 32.1 Å². The molecule has 2 heteroatoms. The van der Waals surface area contributed by atoms with Crippen molar-refractivity contribution in [1.82, 2.24) is 5.32 Å². The Kier molecular flexibility index (Phi) is 4.04. The zero-order chi connectivity index (χ0) is 11.4. The molecular weight excluding hydrogens is 198 g/mol. The van der Waals surface area contributed by atoms with Crippen LogP contribution in [0.25, 0.3) is 0 Å². The van der Waals surface area contributed by atoms with E-state index in [1.807, 2.05) is 0 Å². The summed E-state index contributed by atoms with van der Waals surface area (Å²) >= 11 is 0. The summed E-state index contributed by atoms with van der Waals surface area (Å²) in [5, 5.41) is 3.61. The van der Waals surface area contributed by atoms with Crippen LogP contribution in [0.5, 0.6) is 0 Å². The molecule has 0 aromatic carbocycles. The largest absolute Gasteiger partial charge is 0.375 e. The summed E-state index contributed by atoms with van der Waals surface area (Å²) in [6, 6.07) is 0.615. The van der Waals surface area contributed by atoms with E-state index in [0.29, 0.717) is 6.04 Å². The van der Waals surface area contributed by atoms with Crippen molar-refractivity contribution in [3.63, 3.8) is 0 Å². The molecule has 92 valence electrons. The summed E-state index contributed by atoms with van der Waals surface area (Å²) in [5.74, 6) is 0.784. The molecule has 1 saturated carbocycles. The molecule has 0 radical (unpaired) electrons. The normalized spacial score (nSPS) is 29.7. The first-order valence-electron chi connectivity index (χ1n) is 6.78. The van der Waals surface area contributed by atoms with E-state index in [-0.39, 0.29) is 5.60 Å². The summed E-state index contributed by atoms with van der Waals surface area (Å²) in [7, 11) is 0. The van der Waals surface area contributed by atoms with Crippen LogP contribution in [0.1, 0.15) is 45.4 Å². The Hall–Kier alpha value is -0.340. The Morgan fingerprint density at radius 2 is 2.38 bits per heavy atom. The maximum atomic E-state index is 5.98. The molecule has 1 N–H and O–H groups in total. The van der Waals surface area contributed by atoms with Gasteiger partial charge in [0.25, 0.3) is 0 Å². The molecule has 0 aromatic rings. The second kappa shape index (κ2) is 5.33. The number of nitrogens with one attached hydrogen (secondary N) is 1. The SMILES string of the molecule is C=CCC(NCC)C1CCOC2(CCC2)C1. The second-order valence-electron chi connectivity index (χ2n) is 5.33. The Morgan fingerprint density at radius 1 is 1.56 bits per heavy atom. The number of rotatable bonds is 5. The Bertz CT molecular complexity index is 235. The molecule has 2 atom stereocenters. The maximum absolute atomic E-state index is 5.98. The van der Waals surface area contributed by atoms with Gasteiger partial charge < -0.3 is 10.1 Å². The van der Waals surface area contributed by atoms with Crippen molar-refractivity contribution in [3.05, 3.63) is 12.7 Å². The topological polar surface area (TPSA) is 21.3 Å². The van der Waals surface area contributed by atoms with Gasteiger partial charge in [0.15, 0.2) is 0 Å². The zero-order valence-electron chi connectivity index (χ0n) is 10.5. The van der Waals surface area contributed by atoms with E-state index < -0.39 is 0 Å². The van der Waals surface area contributed by atoms with Crippen molar-refractivity contribution >= 4 is 0 Å². The molecule has 1 spiro atoms. The van der Waals surface area contributed by atoms with Gasteiger partial charge in [-0.25, -0.2) is 0 Å². The fourth-order valence-corrected chi connectivity index (χ4v) is 3.21. The summed E-state index contributed by atoms with van der Waals surface area (Å²) in [5.41, 5.74) is 0.276. The van der Waals surface area contributed by atoms with Crippen molar-refractivity contribution in [2.45, 2.75) is 57.1 Å². The third-order valence-corrected chi connectivity index (χ3v) is 4.25.